The molecule has 1 saturated heterocycles. The van der Waals surface area contributed by atoms with Gasteiger partial charge in [-0.1, -0.05) is 0 Å². The van der Waals surface area contributed by atoms with E-state index in [-0.39, 0.29) is 29.2 Å². The van der Waals surface area contributed by atoms with E-state index in [0.29, 0.717) is 13.0 Å². The van der Waals surface area contributed by atoms with Gasteiger partial charge in [0.2, 0.25) is 5.91 Å². The number of carbonyl (C=O) groups excluding carboxylic acids is 2. The van der Waals surface area contributed by atoms with Crippen LogP contribution in [0.4, 0.5) is 0 Å². The molecule has 0 saturated carbocycles. The van der Waals surface area contributed by atoms with Crippen molar-refractivity contribution in [3.05, 3.63) is 24.0 Å². The number of aromatic hydroxyl groups is 1. The maximum atomic E-state index is 11.7. The van der Waals surface area contributed by atoms with Gasteiger partial charge in [-0.3, -0.25) is 14.6 Å². The van der Waals surface area contributed by atoms with Gasteiger partial charge in [0.25, 0.3) is 5.91 Å². The van der Waals surface area contributed by atoms with Gasteiger partial charge < -0.3 is 15.7 Å². The lowest BCUT2D eigenvalue weighted by atomic mass is 10.2. The number of hydrogen-bond donors (Lipinski definition) is 3. The van der Waals surface area contributed by atoms with Crippen molar-refractivity contribution in [2.75, 3.05) is 6.54 Å². The second-order valence-electron chi connectivity index (χ2n) is 3.91. The molecule has 17 heavy (non-hydrogen) atoms. The Balaban J connectivity index is 1.90. The third-order valence-electron chi connectivity index (χ3n) is 2.64. The van der Waals surface area contributed by atoms with Crippen LogP contribution in [0.3, 0.4) is 0 Å². The van der Waals surface area contributed by atoms with Gasteiger partial charge in [-0.25, -0.2) is 0 Å². The summed E-state index contributed by atoms with van der Waals surface area (Å²) in [5.41, 5.74) is 0.185. The molecule has 1 aromatic heterocycles. The van der Waals surface area contributed by atoms with Crippen molar-refractivity contribution in [2.45, 2.75) is 18.9 Å². The number of pyridine rings is 1. The van der Waals surface area contributed by atoms with Crippen LogP contribution in [0.25, 0.3) is 0 Å². The summed E-state index contributed by atoms with van der Waals surface area (Å²) in [7, 11) is 0. The highest BCUT2D eigenvalue weighted by atomic mass is 16.3. The van der Waals surface area contributed by atoms with Crippen LogP contribution in [0, 0.1) is 0 Å². The van der Waals surface area contributed by atoms with E-state index in [4.69, 9.17) is 0 Å². The first-order valence-electron chi connectivity index (χ1n) is 5.37. The molecule has 90 valence electrons. The first-order valence-corrected chi connectivity index (χ1v) is 5.37. The standard InChI is InChI=1S/C11H13N3O3/c15-9-6-12-4-3-8(9)11(17)13-5-7-1-2-10(16)14-7/h3-4,6-7,15H,1-2,5H2,(H,13,17)(H,14,16). The Morgan fingerprint density at radius 3 is 3.12 bits per heavy atom. The second kappa shape index (κ2) is 4.82. The number of rotatable bonds is 3. The van der Waals surface area contributed by atoms with Crippen molar-refractivity contribution < 1.29 is 14.7 Å². The highest BCUT2D eigenvalue weighted by Gasteiger charge is 2.21. The Labute approximate surface area is 98.1 Å². The smallest absolute Gasteiger partial charge is 0.255 e. The molecule has 1 fully saturated rings. The number of hydrogen-bond acceptors (Lipinski definition) is 4. The zero-order chi connectivity index (χ0) is 12.3. The van der Waals surface area contributed by atoms with E-state index in [9.17, 15) is 14.7 Å². The summed E-state index contributed by atoms with van der Waals surface area (Å²) in [4.78, 5) is 26.3. The fourth-order valence-electron chi connectivity index (χ4n) is 1.72. The van der Waals surface area contributed by atoms with Crippen molar-refractivity contribution in [2.24, 2.45) is 0 Å². The highest BCUT2D eigenvalue weighted by Crippen LogP contribution is 2.13. The van der Waals surface area contributed by atoms with E-state index >= 15 is 0 Å². The summed E-state index contributed by atoms with van der Waals surface area (Å²) in [5.74, 6) is -0.512. The monoisotopic (exact) mass is 235 g/mol. The Bertz CT molecular complexity index is 447. The third kappa shape index (κ3) is 2.72. The molecule has 3 N–H and O–H groups in total. The van der Waals surface area contributed by atoms with E-state index in [0.717, 1.165) is 6.42 Å². The normalized spacial score (nSPS) is 18.8. The van der Waals surface area contributed by atoms with Gasteiger partial charge in [0.1, 0.15) is 5.75 Å². The number of nitrogens with one attached hydrogen (secondary N) is 2. The SMILES string of the molecule is O=C1CCC(CNC(=O)c2ccncc2O)N1. The van der Waals surface area contributed by atoms with Gasteiger partial charge >= 0.3 is 0 Å². The minimum atomic E-state index is -0.369. The van der Waals surface area contributed by atoms with E-state index in [1.165, 1.54) is 18.5 Å². The van der Waals surface area contributed by atoms with Gasteiger partial charge in [-0.05, 0) is 12.5 Å². The van der Waals surface area contributed by atoms with Crippen molar-refractivity contribution in [3.8, 4) is 5.75 Å². The molecule has 6 nitrogen and oxygen atoms in total. The zero-order valence-corrected chi connectivity index (χ0v) is 9.14. The first-order chi connectivity index (χ1) is 8.16. The Morgan fingerprint density at radius 2 is 2.47 bits per heavy atom. The molecule has 2 rings (SSSR count). The van der Waals surface area contributed by atoms with Crippen LogP contribution in [0.2, 0.25) is 0 Å². The van der Waals surface area contributed by atoms with Gasteiger partial charge in [-0.2, -0.15) is 0 Å². The number of carbonyl (C=O) groups is 2. The molecule has 1 unspecified atom stereocenters. The van der Waals surface area contributed by atoms with E-state index in [1.807, 2.05) is 0 Å². The Morgan fingerprint density at radius 1 is 1.65 bits per heavy atom. The van der Waals surface area contributed by atoms with Crippen LogP contribution < -0.4 is 10.6 Å². The lowest BCUT2D eigenvalue weighted by Gasteiger charge is -2.11. The molecule has 0 spiro atoms. The topological polar surface area (TPSA) is 91.3 Å². The molecule has 2 amide bonds. The van der Waals surface area contributed by atoms with Crippen LogP contribution in [-0.2, 0) is 4.79 Å². The summed E-state index contributed by atoms with van der Waals surface area (Å²) in [6.07, 6.45) is 3.88. The summed E-state index contributed by atoms with van der Waals surface area (Å²) >= 11 is 0. The van der Waals surface area contributed by atoms with Crippen molar-refractivity contribution in [1.82, 2.24) is 15.6 Å². The zero-order valence-electron chi connectivity index (χ0n) is 9.14. The fourth-order valence-corrected chi connectivity index (χ4v) is 1.72. The molecule has 2 heterocycles. The third-order valence-corrected chi connectivity index (χ3v) is 2.64. The first kappa shape index (κ1) is 11.4. The minimum absolute atomic E-state index is 0.0102. The van der Waals surface area contributed by atoms with Crippen LogP contribution >= 0.6 is 0 Å². The molecule has 1 aliphatic rings. The molecule has 0 bridgehead atoms. The number of amides is 2. The maximum Gasteiger partial charge on any atom is 0.255 e. The summed E-state index contributed by atoms with van der Waals surface area (Å²) in [6.45, 7) is 0.367. The largest absolute Gasteiger partial charge is 0.505 e. The quantitative estimate of drug-likeness (QED) is 0.676. The molecule has 1 atom stereocenters. The van der Waals surface area contributed by atoms with E-state index in [1.54, 1.807) is 0 Å². The molecule has 0 radical (unpaired) electrons. The van der Waals surface area contributed by atoms with Crippen molar-refractivity contribution >= 4 is 11.8 Å². The average Bonchev–Trinajstić information content (AvgIpc) is 2.73. The van der Waals surface area contributed by atoms with Crippen LogP contribution in [0.15, 0.2) is 18.5 Å². The van der Waals surface area contributed by atoms with Crippen LogP contribution in [-0.4, -0.2) is 34.5 Å². The van der Waals surface area contributed by atoms with E-state index in [2.05, 4.69) is 15.6 Å². The Kier molecular flexibility index (Phi) is 3.22. The van der Waals surface area contributed by atoms with Crippen LogP contribution in [0.5, 0.6) is 5.75 Å². The van der Waals surface area contributed by atoms with Gasteiger partial charge in [0.15, 0.2) is 0 Å². The molecule has 0 aliphatic carbocycles. The van der Waals surface area contributed by atoms with Gasteiger partial charge in [-0.15, -0.1) is 0 Å². The molecule has 0 aromatic carbocycles. The predicted molar refractivity (Wildman–Crippen MR) is 59.4 cm³/mol. The summed E-state index contributed by atoms with van der Waals surface area (Å²) in [6, 6.07) is 1.42. The Hall–Kier alpha value is -2.11. The number of aromatic nitrogens is 1. The highest BCUT2D eigenvalue weighted by molar-refractivity contribution is 5.96. The molecular formula is C11H13N3O3. The molecule has 1 aliphatic heterocycles. The lowest BCUT2D eigenvalue weighted by molar-refractivity contribution is -0.119. The molecular weight excluding hydrogens is 222 g/mol. The number of nitrogens with zero attached hydrogens (tertiary/aromatic N) is 1. The predicted octanol–water partition coefficient (Wildman–Crippen LogP) is -0.204. The average molecular weight is 235 g/mol. The summed E-state index contributed by atoms with van der Waals surface area (Å²) < 4.78 is 0. The molecule has 6 heteroatoms. The second-order valence-corrected chi connectivity index (χ2v) is 3.91. The minimum Gasteiger partial charge on any atom is -0.505 e. The lowest BCUT2D eigenvalue weighted by Crippen LogP contribution is -2.38. The van der Waals surface area contributed by atoms with Crippen LogP contribution in [0.1, 0.15) is 23.2 Å². The van der Waals surface area contributed by atoms with Crippen molar-refractivity contribution in [1.29, 1.82) is 0 Å². The van der Waals surface area contributed by atoms with Crippen molar-refractivity contribution in [3.63, 3.8) is 0 Å². The maximum absolute atomic E-state index is 11.7. The van der Waals surface area contributed by atoms with Gasteiger partial charge in [0.05, 0.1) is 11.8 Å². The van der Waals surface area contributed by atoms with E-state index < -0.39 is 0 Å². The fraction of sp³-hybridized carbons (Fsp3) is 0.364. The molecule has 1 aromatic rings. The van der Waals surface area contributed by atoms with Gasteiger partial charge in [0, 0.05) is 25.2 Å². The summed E-state index contributed by atoms with van der Waals surface area (Å²) in [5, 5.41) is 14.8.